The number of benzene rings is 1. The first-order valence-electron chi connectivity index (χ1n) is 9.77. The summed E-state index contributed by atoms with van der Waals surface area (Å²) in [5.41, 5.74) is 1.17. The molecule has 2 amide bonds. The second-order valence-corrected chi connectivity index (χ2v) is 8.21. The molecule has 160 valence electrons. The van der Waals surface area contributed by atoms with Crippen molar-refractivity contribution in [2.45, 2.75) is 24.3 Å². The molecule has 2 heterocycles. The van der Waals surface area contributed by atoms with E-state index in [9.17, 15) is 15.2 Å². The zero-order valence-electron chi connectivity index (χ0n) is 16.8. The van der Waals surface area contributed by atoms with Crippen molar-refractivity contribution in [1.82, 2.24) is 15.3 Å². The minimum absolute atomic E-state index is 0.286. The van der Waals surface area contributed by atoms with Crippen molar-refractivity contribution in [1.29, 1.82) is 5.26 Å². The van der Waals surface area contributed by atoms with Crippen molar-refractivity contribution in [3.05, 3.63) is 64.0 Å². The van der Waals surface area contributed by atoms with E-state index < -0.39 is 29.9 Å². The number of aliphatic hydroxyl groups is 1. The standard InChI is InChI=1S/C23H18FN5O2S/c1-2-20-28-19(12-32-20)29-22(31)27-18(11-30)14-5-6-15(17(24)10-14)16-4-3-9-26-21(16)23(13-25)7-8-23/h1,3-6,9-10,12,18,30H,7-8,11H2,(H2,27,29,31). The molecule has 0 bridgehead atoms. The summed E-state index contributed by atoms with van der Waals surface area (Å²) in [5, 5.41) is 26.4. The zero-order chi connectivity index (χ0) is 22.7. The number of terminal acetylenes is 1. The van der Waals surface area contributed by atoms with E-state index in [1.807, 2.05) is 0 Å². The predicted octanol–water partition coefficient (Wildman–Crippen LogP) is 3.74. The topological polar surface area (TPSA) is 111 Å². The third-order valence-electron chi connectivity index (χ3n) is 5.27. The molecule has 1 atom stereocenters. The van der Waals surface area contributed by atoms with Crippen molar-refractivity contribution in [2.75, 3.05) is 11.9 Å². The third kappa shape index (κ3) is 4.17. The number of amides is 2. The molecular weight excluding hydrogens is 429 g/mol. The van der Waals surface area contributed by atoms with E-state index in [0.29, 0.717) is 40.2 Å². The lowest BCUT2D eigenvalue weighted by molar-refractivity contribution is 0.225. The van der Waals surface area contributed by atoms with E-state index >= 15 is 4.39 Å². The molecule has 2 aromatic heterocycles. The molecule has 4 rings (SSSR count). The smallest absolute Gasteiger partial charge is 0.320 e. The number of nitrogens with one attached hydrogen (secondary N) is 2. The molecule has 9 heteroatoms. The quantitative estimate of drug-likeness (QED) is 0.499. The lowest BCUT2D eigenvalue weighted by atomic mass is 9.92. The third-order valence-corrected chi connectivity index (χ3v) is 6.04. The van der Waals surface area contributed by atoms with Crippen LogP contribution in [0.3, 0.4) is 0 Å². The molecule has 1 unspecified atom stereocenters. The van der Waals surface area contributed by atoms with Gasteiger partial charge in [0.25, 0.3) is 0 Å². The first-order valence-corrected chi connectivity index (χ1v) is 10.6. The average molecular weight is 447 g/mol. The number of thiazole rings is 1. The lowest BCUT2D eigenvalue weighted by Crippen LogP contribution is -2.34. The number of halogens is 1. The average Bonchev–Trinajstić information content (AvgIpc) is 3.48. The molecule has 3 aromatic rings. The Balaban J connectivity index is 1.54. The summed E-state index contributed by atoms with van der Waals surface area (Å²) in [6.45, 7) is -0.436. The molecule has 1 aromatic carbocycles. The van der Waals surface area contributed by atoms with E-state index in [0.717, 1.165) is 0 Å². The van der Waals surface area contributed by atoms with Crippen molar-refractivity contribution in [3.63, 3.8) is 0 Å². The number of rotatable bonds is 6. The number of carbonyl (C=O) groups excluding carboxylic acids is 1. The van der Waals surface area contributed by atoms with Crippen molar-refractivity contribution in [3.8, 4) is 29.5 Å². The van der Waals surface area contributed by atoms with Crippen LogP contribution < -0.4 is 10.6 Å². The van der Waals surface area contributed by atoms with Crippen molar-refractivity contribution >= 4 is 23.2 Å². The van der Waals surface area contributed by atoms with Gasteiger partial charge in [0.2, 0.25) is 0 Å². The number of hydrogen-bond donors (Lipinski definition) is 3. The zero-order valence-corrected chi connectivity index (χ0v) is 17.6. The van der Waals surface area contributed by atoms with E-state index in [-0.39, 0.29) is 5.82 Å². The summed E-state index contributed by atoms with van der Waals surface area (Å²) in [7, 11) is 0. The highest BCUT2D eigenvalue weighted by Gasteiger charge is 2.47. The Kier molecular flexibility index (Phi) is 5.87. The maximum Gasteiger partial charge on any atom is 0.320 e. The van der Waals surface area contributed by atoms with Gasteiger partial charge in [0.15, 0.2) is 5.01 Å². The molecule has 0 saturated heterocycles. The van der Waals surface area contributed by atoms with Crippen LogP contribution in [0.5, 0.6) is 0 Å². The van der Waals surface area contributed by atoms with Gasteiger partial charge in [-0.25, -0.2) is 14.2 Å². The molecule has 0 spiro atoms. The fourth-order valence-corrected chi connectivity index (χ4v) is 3.99. The lowest BCUT2D eigenvalue weighted by Gasteiger charge is -2.18. The Morgan fingerprint density at radius 3 is 2.81 bits per heavy atom. The molecule has 7 nitrogen and oxygen atoms in total. The Bertz CT molecular complexity index is 1260. The first-order chi connectivity index (χ1) is 15.5. The number of urea groups is 1. The summed E-state index contributed by atoms with van der Waals surface area (Å²) >= 11 is 1.21. The Hall–Kier alpha value is -3.79. The van der Waals surface area contributed by atoms with Gasteiger partial charge in [-0.2, -0.15) is 5.26 Å². The van der Waals surface area contributed by atoms with Crippen molar-refractivity contribution in [2.24, 2.45) is 0 Å². The number of nitriles is 1. The van der Waals surface area contributed by atoms with Gasteiger partial charge in [0.05, 0.1) is 24.4 Å². The number of hydrogen-bond acceptors (Lipinski definition) is 6. The summed E-state index contributed by atoms with van der Waals surface area (Å²) in [6.07, 6.45) is 8.26. The molecule has 32 heavy (non-hydrogen) atoms. The Morgan fingerprint density at radius 2 is 2.19 bits per heavy atom. The number of aromatic nitrogens is 2. The minimum Gasteiger partial charge on any atom is -0.394 e. The van der Waals surface area contributed by atoms with Crippen LogP contribution in [0.1, 0.15) is 35.1 Å². The van der Waals surface area contributed by atoms with E-state index in [1.165, 1.54) is 17.4 Å². The molecule has 1 aliphatic carbocycles. The van der Waals surface area contributed by atoms with Gasteiger partial charge in [0, 0.05) is 22.7 Å². The molecule has 3 N–H and O–H groups in total. The number of aliphatic hydroxyl groups excluding tert-OH is 1. The molecule has 1 fully saturated rings. The molecule has 0 aliphatic heterocycles. The fourth-order valence-electron chi connectivity index (χ4n) is 3.44. The Labute approximate surface area is 188 Å². The fraction of sp³-hybridized carbons (Fsp3) is 0.217. The molecule has 1 saturated carbocycles. The van der Waals surface area contributed by atoms with Gasteiger partial charge >= 0.3 is 6.03 Å². The number of carbonyl (C=O) groups is 1. The highest BCUT2D eigenvalue weighted by atomic mass is 32.1. The van der Waals surface area contributed by atoms with Gasteiger partial charge in [0.1, 0.15) is 17.1 Å². The number of anilines is 1. The van der Waals surface area contributed by atoms with Crippen LogP contribution in [-0.2, 0) is 5.41 Å². The summed E-state index contributed by atoms with van der Waals surface area (Å²) in [6, 6.07) is 8.75. The second kappa shape index (κ2) is 8.75. The molecule has 0 radical (unpaired) electrons. The monoisotopic (exact) mass is 447 g/mol. The summed E-state index contributed by atoms with van der Waals surface area (Å²) in [4.78, 5) is 20.7. The van der Waals surface area contributed by atoms with Crippen LogP contribution >= 0.6 is 11.3 Å². The predicted molar refractivity (Wildman–Crippen MR) is 118 cm³/mol. The number of nitrogens with zero attached hydrogens (tertiary/aromatic N) is 3. The van der Waals surface area contributed by atoms with Crippen LogP contribution in [0, 0.1) is 29.5 Å². The normalized spacial score (nSPS) is 14.6. The van der Waals surface area contributed by atoms with Gasteiger partial charge < -0.3 is 10.4 Å². The van der Waals surface area contributed by atoms with Gasteiger partial charge in [-0.15, -0.1) is 17.8 Å². The molecular formula is C23H18FN5O2S. The highest BCUT2D eigenvalue weighted by molar-refractivity contribution is 7.10. The highest BCUT2D eigenvalue weighted by Crippen LogP contribution is 2.49. The molecule has 1 aliphatic rings. The van der Waals surface area contributed by atoms with E-state index in [4.69, 9.17) is 6.42 Å². The minimum atomic E-state index is -0.841. The first kappa shape index (κ1) is 21.4. The van der Waals surface area contributed by atoms with Crippen LogP contribution in [0.2, 0.25) is 0 Å². The SMILES string of the molecule is C#Cc1nc(NC(=O)NC(CO)c2ccc(-c3cccnc3C3(C#N)CC3)c(F)c2)cs1. The largest absolute Gasteiger partial charge is 0.394 e. The van der Waals surface area contributed by atoms with Gasteiger partial charge in [-0.05, 0) is 36.5 Å². The van der Waals surface area contributed by atoms with E-state index in [1.54, 1.807) is 35.8 Å². The van der Waals surface area contributed by atoms with Crippen LogP contribution in [0.25, 0.3) is 11.1 Å². The van der Waals surface area contributed by atoms with Crippen LogP contribution in [-0.4, -0.2) is 27.7 Å². The maximum absolute atomic E-state index is 15.1. The number of pyridine rings is 1. The summed E-state index contributed by atoms with van der Waals surface area (Å²) in [5.74, 6) is 2.12. The Morgan fingerprint density at radius 1 is 1.38 bits per heavy atom. The second-order valence-electron chi connectivity index (χ2n) is 7.35. The van der Waals surface area contributed by atoms with Crippen LogP contribution in [0.15, 0.2) is 41.9 Å². The van der Waals surface area contributed by atoms with Gasteiger partial charge in [-0.3, -0.25) is 10.3 Å². The summed E-state index contributed by atoms with van der Waals surface area (Å²) < 4.78 is 15.1. The van der Waals surface area contributed by atoms with Gasteiger partial charge in [-0.1, -0.05) is 18.2 Å². The van der Waals surface area contributed by atoms with Crippen LogP contribution in [0.4, 0.5) is 15.0 Å². The maximum atomic E-state index is 15.1. The van der Waals surface area contributed by atoms with Crippen molar-refractivity contribution < 1.29 is 14.3 Å². The van der Waals surface area contributed by atoms with E-state index in [2.05, 4.69) is 32.6 Å².